The summed E-state index contributed by atoms with van der Waals surface area (Å²) in [5, 5.41) is 25.9. The molecule has 1 saturated carbocycles. The Morgan fingerprint density at radius 3 is 2.83 bits per heavy atom. The number of hydrogen-bond acceptors (Lipinski definition) is 6. The number of halogens is 1. The largest absolute Gasteiger partial charge is 0.504 e. The van der Waals surface area contributed by atoms with E-state index in [2.05, 4.69) is 52.0 Å². The van der Waals surface area contributed by atoms with Gasteiger partial charge in [0, 0.05) is 46.0 Å². The molecule has 7 rings (SSSR count). The molecule has 4 aliphatic rings. The fraction of sp³-hybridized carbons (Fsp3) is 0.424. The lowest BCUT2D eigenvalue weighted by Gasteiger charge is -2.66. The second-order valence-electron chi connectivity index (χ2n) is 12.2. The quantitative estimate of drug-likeness (QED) is 0.355. The molecule has 1 spiro atoms. The summed E-state index contributed by atoms with van der Waals surface area (Å²) >= 11 is 5.05. The zero-order valence-electron chi connectivity index (χ0n) is 23.3. The van der Waals surface area contributed by atoms with E-state index in [1.165, 1.54) is 5.56 Å². The van der Waals surface area contributed by atoms with Crippen LogP contribution in [0.2, 0.25) is 0 Å². The summed E-state index contributed by atoms with van der Waals surface area (Å²) in [5.41, 5.74) is 1.70. The second-order valence-corrected chi connectivity index (χ2v) is 14.1. The highest BCUT2D eigenvalue weighted by atomic mass is 79.9. The molecule has 1 amide bonds. The number of nitrogens with zero attached hydrogens (tertiary/aromatic N) is 2. The molecular formula is C33H35BrN2O4S. The Kier molecular flexibility index (Phi) is 6.62. The standard InChI is InChI=1S/C33H35BrN2O4S/c1-20-18-33(39)26-16-22-8-10-25(37)30-28(22)32(33,13-15-36(26)14-12-21-6-4-3-5-7-21)31(40-30)29(20)35(2)27(38)11-9-24-17-23(34)19-41-24/h3-11,17,19-20,26,29,31,37,39H,12-16,18H2,1-2H3/b11-9+/t20-,26+,29+,31-,32-,33+/m0/s1. The number of benzene rings is 2. The fourth-order valence-corrected chi connectivity index (χ4v) is 9.82. The van der Waals surface area contributed by atoms with Gasteiger partial charge in [0.1, 0.15) is 6.10 Å². The minimum Gasteiger partial charge on any atom is -0.504 e. The van der Waals surface area contributed by atoms with Gasteiger partial charge in [-0.15, -0.1) is 11.3 Å². The highest BCUT2D eigenvalue weighted by Gasteiger charge is 2.74. The first kappa shape index (κ1) is 27.2. The van der Waals surface area contributed by atoms with Crippen molar-refractivity contribution in [2.45, 2.75) is 61.8 Å². The number of carbonyl (C=O) groups is 1. The maximum atomic E-state index is 13.5. The lowest BCUT2D eigenvalue weighted by atomic mass is 9.46. The zero-order valence-corrected chi connectivity index (χ0v) is 25.7. The van der Waals surface area contributed by atoms with Crippen LogP contribution in [0, 0.1) is 5.92 Å². The van der Waals surface area contributed by atoms with E-state index in [0.717, 1.165) is 46.4 Å². The Labute approximate surface area is 253 Å². The van der Waals surface area contributed by atoms with Gasteiger partial charge in [-0.05, 0) is 83.4 Å². The summed E-state index contributed by atoms with van der Waals surface area (Å²) in [4.78, 5) is 18.8. The number of piperidine rings is 1. The number of carbonyl (C=O) groups excluding carboxylic acids is 1. The molecule has 0 unspecified atom stereocenters. The van der Waals surface area contributed by atoms with E-state index < -0.39 is 17.1 Å². The first-order valence-corrected chi connectivity index (χ1v) is 16.1. The van der Waals surface area contributed by atoms with Crippen LogP contribution in [0.5, 0.6) is 11.5 Å². The van der Waals surface area contributed by atoms with Crippen LogP contribution in [0.1, 0.15) is 41.3 Å². The number of amides is 1. The lowest BCUT2D eigenvalue weighted by molar-refractivity contribution is -0.211. The average Bonchev–Trinajstić information content (AvgIpc) is 3.53. The Morgan fingerprint density at radius 2 is 2.07 bits per heavy atom. The number of phenolic OH excluding ortho intramolecular Hbond substituents is 1. The molecular weight excluding hydrogens is 600 g/mol. The van der Waals surface area contributed by atoms with Crippen molar-refractivity contribution in [1.82, 2.24) is 9.80 Å². The Morgan fingerprint density at radius 1 is 1.27 bits per heavy atom. The summed E-state index contributed by atoms with van der Waals surface area (Å²) in [5.74, 6) is 0.514. The lowest BCUT2D eigenvalue weighted by Crippen LogP contribution is -2.79. The average molecular weight is 636 g/mol. The summed E-state index contributed by atoms with van der Waals surface area (Å²) < 4.78 is 7.71. The van der Waals surface area contributed by atoms with Crippen LogP contribution in [-0.4, -0.2) is 69.8 Å². The van der Waals surface area contributed by atoms with Gasteiger partial charge >= 0.3 is 0 Å². The molecule has 41 heavy (non-hydrogen) atoms. The molecule has 214 valence electrons. The normalized spacial score (nSPS) is 31.6. The van der Waals surface area contributed by atoms with E-state index in [-0.39, 0.29) is 29.7 Å². The molecule has 8 heteroatoms. The maximum Gasteiger partial charge on any atom is 0.246 e. The molecule has 2 bridgehead atoms. The van der Waals surface area contributed by atoms with E-state index >= 15 is 0 Å². The van der Waals surface area contributed by atoms with Crippen LogP contribution in [0.15, 0.2) is 64.5 Å². The number of thiophene rings is 1. The first-order chi connectivity index (χ1) is 19.7. The van der Waals surface area contributed by atoms with Gasteiger partial charge in [0.05, 0.1) is 17.1 Å². The van der Waals surface area contributed by atoms with Crippen LogP contribution in [-0.2, 0) is 23.1 Å². The predicted molar refractivity (Wildman–Crippen MR) is 164 cm³/mol. The van der Waals surface area contributed by atoms with Crippen LogP contribution in [0.3, 0.4) is 0 Å². The molecule has 1 saturated heterocycles. The van der Waals surface area contributed by atoms with Crippen LogP contribution < -0.4 is 4.74 Å². The summed E-state index contributed by atoms with van der Waals surface area (Å²) in [6.45, 7) is 3.84. The van der Waals surface area contributed by atoms with Gasteiger partial charge in [0.15, 0.2) is 11.5 Å². The van der Waals surface area contributed by atoms with Crippen LogP contribution in [0.4, 0.5) is 0 Å². The first-order valence-electron chi connectivity index (χ1n) is 14.4. The number of phenols is 1. The Balaban J connectivity index is 1.25. The number of rotatable bonds is 6. The smallest absolute Gasteiger partial charge is 0.246 e. The van der Waals surface area contributed by atoms with E-state index in [4.69, 9.17) is 4.74 Å². The van der Waals surface area contributed by atoms with Crippen molar-refractivity contribution >= 4 is 39.2 Å². The molecule has 1 aromatic heterocycles. The highest BCUT2D eigenvalue weighted by molar-refractivity contribution is 9.10. The van der Waals surface area contributed by atoms with Crippen molar-refractivity contribution in [3.63, 3.8) is 0 Å². The van der Waals surface area contributed by atoms with Crippen LogP contribution >= 0.6 is 27.3 Å². The van der Waals surface area contributed by atoms with Crippen molar-refractivity contribution < 1.29 is 19.7 Å². The minimum absolute atomic E-state index is 0.00839. The SMILES string of the molecule is C[C@H]1C[C@@]2(O)[C@H]3Cc4ccc(O)c5c4[C@@]2(CCN3CCc2ccccc2)[C@@H](O5)[C@@H]1N(C)C(=O)/C=C/c1cc(Br)cs1. The molecule has 3 heterocycles. The molecule has 0 radical (unpaired) electrons. The number of hydrogen-bond donors (Lipinski definition) is 2. The second kappa shape index (κ2) is 9.97. The van der Waals surface area contributed by atoms with E-state index in [1.54, 1.807) is 28.4 Å². The van der Waals surface area contributed by atoms with Gasteiger partial charge in [-0.2, -0.15) is 0 Å². The highest BCUT2D eigenvalue weighted by Crippen LogP contribution is 2.66. The van der Waals surface area contributed by atoms with Crippen LogP contribution in [0.25, 0.3) is 6.08 Å². The molecule has 6 nitrogen and oxygen atoms in total. The van der Waals surface area contributed by atoms with Gasteiger partial charge in [-0.25, -0.2) is 0 Å². The molecule has 6 atom stereocenters. The van der Waals surface area contributed by atoms with Gasteiger partial charge < -0.3 is 19.8 Å². The van der Waals surface area contributed by atoms with Gasteiger partial charge in [0.25, 0.3) is 0 Å². The molecule has 2 aliphatic heterocycles. The Bertz CT molecular complexity index is 1520. The van der Waals surface area contributed by atoms with E-state index in [0.29, 0.717) is 18.6 Å². The predicted octanol–water partition coefficient (Wildman–Crippen LogP) is 5.40. The van der Waals surface area contributed by atoms with Gasteiger partial charge in [-0.1, -0.05) is 43.3 Å². The number of aliphatic hydroxyl groups is 1. The third kappa shape index (κ3) is 4.05. The van der Waals surface area contributed by atoms with E-state index in [1.807, 2.05) is 36.7 Å². The topological polar surface area (TPSA) is 73.2 Å². The zero-order chi connectivity index (χ0) is 28.5. The third-order valence-electron chi connectivity index (χ3n) is 10.2. The molecule has 3 aromatic rings. The monoisotopic (exact) mass is 634 g/mol. The summed E-state index contributed by atoms with van der Waals surface area (Å²) in [6.07, 6.45) is 5.96. The molecule has 2 aliphatic carbocycles. The van der Waals surface area contributed by atoms with Crippen molar-refractivity contribution in [3.8, 4) is 11.5 Å². The van der Waals surface area contributed by atoms with Crippen molar-refractivity contribution in [2.24, 2.45) is 5.92 Å². The fourth-order valence-electron chi connectivity index (χ4n) is 8.48. The van der Waals surface area contributed by atoms with E-state index in [9.17, 15) is 15.0 Å². The number of likely N-dealkylation sites (N-methyl/N-ethyl adjacent to an activating group) is 1. The maximum absolute atomic E-state index is 13.5. The van der Waals surface area contributed by atoms with Gasteiger partial charge in [0.2, 0.25) is 5.91 Å². The molecule has 2 N–H and O–H groups in total. The minimum atomic E-state index is -1.03. The summed E-state index contributed by atoms with van der Waals surface area (Å²) in [7, 11) is 1.85. The van der Waals surface area contributed by atoms with Crippen molar-refractivity contribution in [2.75, 3.05) is 20.1 Å². The Hall–Kier alpha value is -2.65. The number of aromatic hydroxyl groups is 1. The molecule has 2 fully saturated rings. The summed E-state index contributed by atoms with van der Waals surface area (Å²) in [6, 6.07) is 15.9. The van der Waals surface area contributed by atoms with Crippen molar-refractivity contribution in [3.05, 3.63) is 86.0 Å². The van der Waals surface area contributed by atoms with Crippen molar-refractivity contribution in [1.29, 1.82) is 0 Å². The van der Waals surface area contributed by atoms with Gasteiger partial charge in [-0.3, -0.25) is 9.69 Å². The number of ether oxygens (including phenoxy) is 1. The third-order valence-corrected chi connectivity index (χ3v) is 11.9. The number of likely N-dealkylation sites (tertiary alicyclic amines) is 1. The molecule has 2 aromatic carbocycles.